The lowest BCUT2D eigenvalue weighted by Gasteiger charge is -2.24. The van der Waals surface area contributed by atoms with Crippen LogP contribution >= 0.6 is 0 Å². The lowest BCUT2D eigenvalue weighted by molar-refractivity contribution is -0.142. The first-order chi connectivity index (χ1) is 6.31. The zero-order chi connectivity index (χ0) is 9.00. The minimum Gasteiger partial charge on any atom is -0.465 e. The Hall–Kier alpha value is -0.860. The van der Waals surface area contributed by atoms with Crippen LogP contribution in [0.25, 0.3) is 0 Å². The highest BCUT2D eigenvalue weighted by atomic mass is 16.5. The molecule has 0 N–H and O–H groups in total. The van der Waals surface area contributed by atoms with Gasteiger partial charge in [-0.3, -0.25) is 4.79 Å². The van der Waals surface area contributed by atoms with Crippen molar-refractivity contribution in [3.05, 3.63) is 0 Å². The molecule has 1 heterocycles. The molecule has 1 saturated heterocycles. The van der Waals surface area contributed by atoms with Crippen molar-refractivity contribution in [3.8, 4) is 0 Å². The number of fused-ring (bicyclic) bond motifs is 5. The fraction of sp³-hybridized carbons (Fsp3) is 0.800. The zero-order valence-corrected chi connectivity index (χ0v) is 7.31. The van der Waals surface area contributed by atoms with E-state index in [9.17, 15) is 9.59 Å². The Bertz CT molecular complexity index is 273. The molecule has 70 valence electrons. The second-order valence-electron chi connectivity index (χ2n) is 4.51. The number of hydrogen-bond donors (Lipinski definition) is 0. The van der Waals surface area contributed by atoms with Gasteiger partial charge in [-0.05, 0) is 24.7 Å². The van der Waals surface area contributed by atoms with E-state index in [0.717, 1.165) is 19.1 Å². The summed E-state index contributed by atoms with van der Waals surface area (Å²) in [7, 11) is 0. The van der Waals surface area contributed by atoms with E-state index in [2.05, 4.69) is 0 Å². The third kappa shape index (κ3) is 0.798. The van der Waals surface area contributed by atoms with Crippen LogP contribution in [0, 0.1) is 29.6 Å². The van der Waals surface area contributed by atoms with Crippen LogP contribution in [0.2, 0.25) is 0 Å². The number of carbonyl (C=O) groups excluding carboxylic acids is 2. The summed E-state index contributed by atoms with van der Waals surface area (Å²) in [5.41, 5.74) is 0. The van der Waals surface area contributed by atoms with E-state index < -0.39 is 0 Å². The molecule has 3 fully saturated rings. The van der Waals surface area contributed by atoms with Gasteiger partial charge < -0.3 is 9.53 Å². The Kier molecular flexibility index (Phi) is 1.35. The first-order valence-corrected chi connectivity index (χ1v) is 4.93. The number of carbonyl (C=O) groups is 2. The molecule has 2 saturated carbocycles. The minimum absolute atomic E-state index is 0.0122. The van der Waals surface area contributed by atoms with Crippen LogP contribution in [0.5, 0.6) is 0 Å². The number of aldehydes is 1. The van der Waals surface area contributed by atoms with Crippen LogP contribution in [0.1, 0.15) is 12.8 Å². The van der Waals surface area contributed by atoms with Crippen molar-refractivity contribution in [1.29, 1.82) is 0 Å². The fourth-order valence-corrected chi connectivity index (χ4v) is 3.57. The van der Waals surface area contributed by atoms with Gasteiger partial charge in [-0.25, -0.2) is 0 Å². The first-order valence-electron chi connectivity index (χ1n) is 4.93. The highest BCUT2D eigenvalue weighted by Gasteiger charge is 2.58. The van der Waals surface area contributed by atoms with Gasteiger partial charge in [0.25, 0.3) is 0 Å². The van der Waals surface area contributed by atoms with Crippen molar-refractivity contribution in [2.75, 3.05) is 6.61 Å². The Morgan fingerprint density at radius 2 is 2.15 bits per heavy atom. The second-order valence-corrected chi connectivity index (χ2v) is 4.51. The van der Waals surface area contributed by atoms with Crippen LogP contribution in [0.3, 0.4) is 0 Å². The molecule has 0 aromatic rings. The molecule has 1 aliphatic heterocycles. The maximum Gasteiger partial charge on any atom is 0.309 e. The molecule has 13 heavy (non-hydrogen) atoms. The maximum absolute atomic E-state index is 11.3. The van der Waals surface area contributed by atoms with Crippen LogP contribution in [0.15, 0.2) is 0 Å². The SMILES string of the molecule is O=CC1CC2CC1C1COC(=O)C21. The molecule has 5 unspecified atom stereocenters. The van der Waals surface area contributed by atoms with Crippen molar-refractivity contribution in [3.63, 3.8) is 0 Å². The molecular weight excluding hydrogens is 168 g/mol. The molecule has 0 aromatic carbocycles. The van der Waals surface area contributed by atoms with Gasteiger partial charge in [0.15, 0.2) is 0 Å². The fourth-order valence-electron chi connectivity index (χ4n) is 3.57. The standard InChI is InChI=1S/C10H12O3/c11-3-6-1-5-2-7(6)8-4-13-10(12)9(5)8/h3,5-9H,1-2,4H2. The predicted octanol–water partition coefficient (Wildman–Crippen LogP) is 0.631. The van der Waals surface area contributed by atoms with Crippen molar-refractivity contribution in [2.45, 2.75) is 12.8 Å². The quantitative estimate of drug-likeness (QED) is 0.439. The molecule has 0 aromatic heterocycles. The van der Waals surface area contributed by atoms with Crippen molar-refractivity contribution in [2.24, 2.45) is 29.6 Å². The lowest BCUT2D eigenvalue weighted by atomic mass is 9.76. The highest BCUT2D eigenvalue weighted by molar-refractivity contribution is 5.76. The average Bonchev–Trinajstić information content (AvgIpc) is 2.76. The summed E-state index contributed by atoms with van der Waals surface area (Å²) >= 11 is 0. The second kappa shape index (κ2) is 2.34. The van der Waals surface area contributed by atoms with Gasteiger partial charge in [0.05, 0.1) is 12.5 Å². The van der Waals surface area contributed by atoms with Crippen LogP contribution in [0.4, 0.5) is 0 Å². The summed E-state index contributed by atoms with van der Waals surface area (Å²) in [5.74, 6) is 1.59. The van der Waals surface area contributed by atoms with E-state index in [1.165, 1.54) is 0 Å². The maximum atomic E-state index is 11.3. The predicted molar refractivity (Wildman–Crippen MR) is 43.7 cm³/mol. The molecule has 0 spiro atoms. The summed E-state index contributed by atoms with van der Waals surface area (Å²) in [5, 5.41) is 0. The Morgan fingerprint density at radius 3 is 2.92 bits per heavy atom. The van der Waals surface area contributed by atoms with Crippen molar-refractivity contribution in [1.82, 2.24) is 0 Å². The third-order valence-corrected chi connectivity index (χ3v) is 4.08. The summed E-state index contributed by atoms with van der Waals surface area (Å²) in [6, 6.07) is 0. The normalized spacial score (nSPS) is 52.0. The molecule has 3 heteroatoms. The number of esters is 1. The molecule has 3 nitrogen and oxygen atoms in total. The molecule has 3 rings (SSSR count). The van der Waals surface area contributed by atoms with Gasteiger partial charge in [-0.1, -0.05) is 0 Å². The lowest BCUT2D eigenvalue weighted by Crippen LogP contribution is -2.29. The van der Waals surface area contributed by atoms with Gasteiger partial charge in [0, 0.05) is 11.8 Å². The topological polar surface area (TPSA) is 43.4 Å². The number of rotatable bonds is 1. The molecular formula is C10H12O3. The number of ether oxygens (including phenoxy) is 1. The molecule has 0 amide bonds. The summed E-state index contributed by atoms with van der Waals surface area (Å²) < 4.78 is 5.04. The van der Waals surface area contributed by atoms with Crippen LogP contribution in [-0.2, 0) is 14.3 Å². The molecule has 5 atom stereocenters. The Morgan fingerprint density at radius 1 is 1.31 bits per heavy atom. The van der Waals surface area contributed by atoms with Gasteiger partial charge in [0.2, 0.25) is 0 Å². The van der Waals surface area contributed by atoms with Crippen molar-refractivity contribution < 1.29 is 14.3 Å². The summed E-state index contributed by atoms with van der Waals surface area (Å²) in [6.45, 7) is 0.564. The van der Waals surface area contributed by atoms with E-state index in [1.54, 1.807) is 0 Å². The van der Waals surface area contributed by atoms with Gasteiger partial charge in [-0.15, -0.1) is 0 Å². The molecule has 3 aliphatic rings. The highest BCUT2D eigenvalue weighted by Crippen LogP contribution is 2.57. The van der Waals surface area contributed by atoms with Crippen LogP contribution in [-0.4, -0.2) is 18.9 Å². The van der Waals surface area contributed by atoms with Crippen molar-refractivity contribution >= 4 is 12.3 Å². The zero-order valence-electron chi connectivity index (χ0n) is 7.31. The smallest absolute Gasteiger partial charge is 0.309 e. The van der Waals surface area contributed by atoms with Gasteiger partial charge >= 0.3 is 5.97 Å². The molecule has 0 radical (unpaired) electrons. The summed E-state index contributed by atoms with van der Waals surface area (Å²) in [6.07, 6.45) is 3.07. The number of hydrogen-bond acceptors (Lipinski definition) is 3. The molecule has 2 bridgehead atoms. The van der Waals surface area contributed by atoms with Gasteiger partial charge in [0.1, 0.15) is 6.29 Å². The Labute approximate surface area is 76.4 Å². The average molecular weight is 180 g/mol. The van der Waals surface area contributed by atoms with E-state index >= 15 is 0 Å². The molecule has 2 aliphatic carbocycles. The van der Waals surface area contributed by atoms with Gasteiger partial charge in [-0.2, -0.15) is 0 Å². The van der Waals surface area contributed by atoms with E-state index in [1.807, 2.05) is 0 Å². The largest absolute Gasteiger partial charge is 0.465 e. The summed E-state index contributed by atoms with van der Waals surface area (Å²) in [4.78, 5) is 22.1. The number of cyclic esters (lactones) is 1. The third-order valence-electron chi connectivity index (χ3n) is 4.08. The first kappa shape index (κ1) is 7.54. The van der Waals surface area contributed by atoms with E-state index in [-0.39, 0.29) is 17.8 Å². The minimum atomic E-state index is -0.0122. The van der Waals surface area contributed by atoms with E-state index in [4.69, 9.17) is 4.74 Å². The van der Waals surface area contributed by atoms with E-state index in [0.29, 0.717) is 24.4 Å². The Balaban J connectivity index is 1.91. The monoisotopic (exact) mass is 180 g/mol. The van der Waals surface area contributed by atoms with Crippen LogP contribution < -0.4 is 0 Å².